The number of fused-ring (bicyclic) bond motifs is 1. The van der Waals surface area contributed by atoms with Crippen LogP contribution in [-0.4, -0.2) is 17.7 Å². The van der Waals surface area contributed by atoms with E-state index >= 15 is 0 Å². The van der Waals surface area contributed by atoms with Crippen LogP contribution in [0.25, 0.3) is 0 Å². The zero-order valence-corrected chi connectivity index (χ0v) is 14.2. The Morgan fingerprint density at radius 1 is 1.23 bits per heavy atom. The van der Waals surface area contributed by atoms with Gasteiger partial charge in [-0.15, -0.1) is 0 Å². The number of rotatable bonds is 3. The minimum absolute atomic E-state index is 0.110. The van der Waals surface area contributed by atoms with Crippen molar-refractivity contribution in [2.24, 2.45) is 5.10 Å². The molecule has 3 rings (SSSR count). The van der Waals surface area contributed by atoms with Crippen LogP contribution in [0.2, 0.25) is 0 Å². The normalized spacial score (nSPS) is 15.6. The molecule has 0 atom stereocenters. The molecule has 0 radical (unpaired) electrons. The molecular weight excluding hydrogens is 345 g/mol. The van der Waals surface area contributed by atoms with Gasteiger partial charge < -0.3 is 4.74 Å². The maximum absolute atomic E-state index is 12.7. The number of benzene rings is 2. The fourth-order valence-electron chi connectivity index (χ4n) is 2.78. The summed E-state index contributed by atoms with van der Waals surface area (Å²) >= 11 is 0. The second-order valence-electron chi connectivity index (χ2n) is 6.68. The molecule has 1 amide bonds. The van der Waals surface area contributed by atoms with Crippen molar-refractivity contribution < 1.29 is 22.7 Å². The highest BCUT2D eigenvalue weighted by Gasteiger charge is 2.31. The summed E-state index contributed by atoms with van der Waals surface area (Å²) in [6, 6.07) is 9.72. The van der Waals surface area contributed by atoms with E-state index in [-0.39, 0.29) is 11.2 Å². The summed E-state index contributed by atoms with van der Waals surface area (Å²) in [6.07, 6.45) is -2.29. The van der Waals surface area contributed by atoms with Crippen molar-refractivity contribution in [3.05, 3.63) is 64.7 Å². The molecule has 1 N–H and O–H groups in total. The molecule has 0 spiro atoms. The van der Waals surface area contributed by atoms with E-state index in [1.807, 2.05) is 26.0 Å². The average Bonchev–Trinajstić information content (AvgIpc) is 2.87. The van der Waals surface area contributed by atoms with Gasteiger partial charge in [0.2, 0.25) is 0 Å². The standard InChI is InChI=1S/C19H17F3N2O2/c1-18(2)10-14-8-12(6-7-16(14)26-18)11-23-24-17(25)13-4-3-5-15(9-13)19(20,21)22/h3-9,11H,10H2,1-2H3,(H,24,25)/b23-11+. The summed E-state index contributed by atoms with van der Waals surface area (Å²) in [6.45, 7) is 3.99. The predicted molar refractivity (Wildman–Crippen MR) is 91.4 cm³/mol. The quantitative estimate of drug-likeness (QED) is 0.658. The highest BCUT2D eigenvalue weighted by Crippen LogP contribution is 2.35. The van der Waals surface area contributed by atoms with E-state index in [1.165, 1.54) is 18.3 Å². The average molecular weight is 362 g/mol. The number of carbonyl (C=O) groups excluding carboxylic acids is 1. The number of ether oxygens (including phenoxy) is 1. The van der Waals surface area contributed by atoms with Crippen LogP contribution in [0, 0.1) is 0 Å². The molecule has 0 saturated carbocycles. The SMILES string of the molecule is CC1(C)Cc2cc(/C=N/NC(=O)c3cccc(C(F)(F)F)c3)ccc2O1. The van der Waals surface area contributed by atoms with Crippen molar-refractivity contribution in [3.63, 3.8) is 0 Å². The molecule has 0 saturated heterocycles. The lowest BCUT2D eigenvalue weighted by molar-refractivity contribution is -0.137. The Kier molecular flexibility index (Phi) is 4.48. The van der Waals surface area contributed by atoms with Crippen LogP contribution >= 0.6 is 0 Å². The van der Waals surface area contributed by atoms with E-state index in [2.05, 4.69) is 10.5 Å². The first-order valence-corrected chi connectivity index (χ1v) is 7.97. The van der Waals surface area contributed by atoms with E-state index in [1.54, 1.807) is 6.07 Å². The number of halogens is 3. The Morgan fingerprint density at radius 2 is 2.00 bits per heavy atom. The van der Waals surface area contributed by atoms with E-state index in [0.29, 0.717) is 0 Å². The monoisotopic (exact) mass is 362 g/mol. The van der Waals surface area contributed by atoms with E-state index in [9.17, 15) is 18.0 Å². The van der Waals surface area contributed by atoms with Gasteiger partial charge in [-0.1, -0.05) is 6.07 Å². The zero-order valence-electron chi connectivity index (χ0n) is 14.2. The van der Waals surface area contributed by atoms with Gasteiger partial charge in [-0.3, -0.25) is 4.79 Å². The van der Waals surface area contributed by atoms with Gasteiger partial charge in [0.1, 0.15) is 11.4 Å². The van der Waals surface area contributed by atoms with Gasteiger partial charge in [-0.2, -0.15) is 18.3 Å². The number of carbonyl (C=O) groups is 1. The Labute approximate surface area is 148 Å². The first-order chi connectivity index (χ1) is 12.1. The lowest BCUT2D eigenvalue weighted by atomic mass is 10.0. The fraction of sp³-hybridized carbons (Fsp3) is 0.263. The maximum atomic E-state index is 12.7. The van der Waals surface area contributed by atoms with Crippen molar-refractivity contribution in [2.75, 3.05) is 0 Å². The Balaban J connectivity index is 1.67. The molecule has 7 heteroatoms. The summed E-state index contributed by atoms with van der Waals surface area (Å²) in [7, 11) is 0. The van der Waals surface area contributed by atoms with Gasteiger partial charge in [0, 0.05) is 12.0 Å². The molecule has 1 aliphatic heterocycles. The summed E-state index contributed by atoms with van der Waals surface area (Å²) in [5.41, 5.74) is 2.80. The molecule has 2 aromatic rings. The predicted octanol–water partition coefficient (Wildman–Crippen LogP) is 4.18. The molecule has 0 fully saturated rings. The third kappa shape index (κ3) is 4.04. The lowest BCUT2D eigenvalue weighted by Crippen LogP contribution is -2.24. The Hall–Kier alpha value is -2.83. The van der Waals surface area contributed by atoms with Crippen molar-refractivity contribution in [1.29, 1.82) is 0 Å². The van der Waals surface area contributed by atoms with Crippen LogP contribution in [0.15, 0.2) is 47.6 Å². The van der Waals surface area contributed by atoms with Crippen LogP contribution in [0.1, 0.15) is 40.9 Å². The van der Waals surface area contributed by atoms with Crippen LogP contribution in [-0.2, 0) is 12.6 Å². The molecule has 26 heavy (non-hydrogen) atoms. The molecule has 0 aliphatic carbocycles. The molecule has 1 aliphatic rings. The maximum Gasteiger partial charge on any atom is 0.416 e. The molecule has 4 nitrogen and oxygen atoms in total. The molecule has 2 aromatic carbocycles. The number of hydrazone groups is 1. The van der Waals surface area contributed by atoms with Crippen molar-refractivity contribution in [2.45, 2.75) is 32.0 Å². The molecule has 0 unspecified atom stereocenters. The minimum atomic E-state index is -4.50. The van der Waals surface area contributed by atoms with Crippen molar-refractivity contribution >= 4 is 12.1 Å². The lowest BCUT2D eigenvalue weighted by Gasteiger charge is -2.16. The van der Waals surface area contributed by atoms with Gasteiger partial charge in [0.15, 0.2) is 0 Å². The first-order valence-electron chi connectivity index (χ1n) is 7.97. The summed E-state index contributed by atoms with van der Waals surface area (Å²) in [5, 5.41) is 3.82. The summed E-state index contributed by atoms with van der Waals surface area (Å²) in [5.74, 6) is 0.109. The number of amides is 1. The largest absolute Gasteiger partial charge is 0.487 e. The minimum Gasteiger partial charge on any atom is -0.487 e. The molecule has 0 aromatic heterocycles. The van der Waals surface area contributed by atoms with Gasteiger partial charge >= 0.3 is 6.18 Å². The van der Waals surface area contributed by atoms with E-state index in [4.69, 9.17) is 4.74 Å². The number of nitrogens with zero attached hydrogens (tertiary/aromatic N) is 1. The van der Waals surface area contributed by atoms with Gasteiger partial charge in [0.25, 0.3) is 5.91 Å². The topological polar surface area (TPSA) is 50.7 Å². The summed E-state index contributed by atoms with van der Waals surface area (Å²) in [4.78, 5) is 12.0. The number of alkyl halides is 3. The van der Waals surface area contributed by atoms with Crippen LogP contribution < -0.4 is 10.2 Å². The second kappa shape index (κ2) is 6.48. The Bertz CT molecular complexity index is 873. The number of hydrogen-bond acceptors (Lipinski definition) is 3. The first kappa shape index (κ1) is 18.0. The van der Waals surface area contributed by atoms with Gasteiger partial charge in [0.05, 0.1) is 11.8 Å². The van der Waals surface area contributed by atoms with Crippen LogP contribution in [0.5, 0.6) is 5.75 Å². The van der Waals surface area contributed by atoms with Crippen molar-refractivity contribution in [1.82, 2.24) is 5.43 Å². The Morgan fingerprint density at radius 3 is 2.73 bits per heavy atom. The summed E-state index contributed by atoms with van der Waals surface area (Å²) < 4.78 is 43.9. The molecule has 1 heterocycles. The highest BCUT2D eigenvalue weighted by molar-refractivity contribution is 5.95. The molecular formula is C19H17F3N2O2. The van der Waals surface area contributed by atoms with E-state index in [0.717, 1.165) is 35.4 Å². The van der Waals surface area contributed by atoms with Gasteiger partial charge in [-0.25, -0.2) is 5.43 Å². The zero-order chi connectivity index (χ0) is 18.9. The van der Waals surface area contributed by atoms with Crippen molar-refractivity contribution in [3.8, 4) is 5.75 Å². The van der Waals surface area contributed by atoms with Crippen LogP contribution in [0.3, 0.4) is 0 Å². The molecule has 136 valence electrons. The second-order valence-corrected chi connectivity index (χ2v) is 6.68. The number of hydrogen-bond donors (Lipinski definition) is 1. The third-order valence-electron chi connectivity index (χ3n) is 3.92. The highest BCUT2D eigenvalue weighted by atomic mass is 19.4. The fourth-order valence-corrected chi connectivity index (χ4v) is 2.78. The van der Waals surface area contributed by atoms with E-state index < -0.39 is 17.6 Å². The third-order valence-corrected chi connectivity index (χ3v) is 3.92. The van der Waals surface area contributed by atoms with Crippen LogP contribution in [0.4, 0.5) is 13.2 Å². The van der Waals surface area contributed by atoms with Gasteiger partial charge in [-0.05, 0) is 61.4 Å². The number of nitrogens with one attached hydrogen (secondary N) is 1. The molecule has 0 bridgehead atoms. The smallest absolute Gasteiger partial charge is 0.416 e.